The van der Waals surface area contributed by atoms with Crippen molar-refractivity contribution in [3.8, 4) is 28.8 Å². The molecule has 0 aliphatic rings. The lowest BCUT2D eigenvalue weighted by molar-refractivity contribution is 0.198. The number of rotatable bonds is 10. The third-order valence-corrected chi connectivity index (χ3v) is 8.24. The molecule has 208 valence electrons. The van der Waals surface area contributed by atoms with Crippen molar-refractivity contribution in [2.45, 2.75) is 17.9 Å². The minimum Gasteiger partial charge on any atom is -0.494 e. The monoisotopic (exact) mass is 596 g/mol. The summed E-state index contributed by atoms with van der Waals surface area (Å²) in [6, 6.07) is 12.1. The van der Waals surface area contributed by atoms with Crippen LogP contribution in [0.3, 0.4) is 0 Å². The van der Waals surface area contributed by atoms with Crippen molar-refractivity contribution in [1.29, 1.82) is 0 Å². The van der Waals surface area contributed by atoms with E-state index in [0.29, 0.717) is 17.3 Å². The Bertz CT molecular complexity index is 1710. The minimum atomic E-state index is -4.35. The number of nitrogens with zero attached hydrogens (tertiary/aromatic N) is 3. The number of furan rings is 1. The first-order valence-corrected chi connectivity index (χ1v) is 15.2. The lowest BCUT2D eigenvalue weighted by atomic mass is 10.1. The molecule has 15 heteroatoms. The number of nitrogens with one attached hydrogen (secondary N) is 1. The smallest absolute Gasteiger partial charge is 0.243 e. The number of methoxy groups -OCH3 is 2. The number of benzene rings is 2. The van der Waals surface area contributed by atoms with Gasteiger partial charge in [0.25, 0.3) is 0 Å². The van der Waals surface area contributed by atoms with Crippen LogP contribution in [0.25, 0.3) is 17.3 Å². The second kappa shape index (κ2) is 10.9. The Balaban J connectivity index is 1.79. The third-order valence-electron chi connectivity index (χ3n) is 5.61. The summed E-state index contributed by atoms with van der Waals surface area (Å²) >= 11 is 5.92. The molecule has 2 aromatic heterocycles. The maximum absolute atomic E-state index is 13.2. The van der Waals surface area contributed by atoms with Crippen LogP contribution in [0.5, 0.6) is 11.5 Å². The SMILES string of the molecule is COc1cccc(OC)c1-n1c(NS(=O)(=O)CC(O)c2ccc(Cl)cc2S(C)(=O)=O)nnc1-c1ccc(C)o1. The average molecular weight is 597 g/mol. The molecule has 39 heavy (non-hydrogen) atoms. The van der Waals surface area contributed by atoms with Gasteiger partial charge in [0, 0.05) is 16.8 Å². The third kappa shape index (κ3) is 6.03. The summed E-state index contributed by atoms with van der Waals surface area (Å²) in [6.45, 7) is 1.74. The zero-order valence-electron chi connectivity index (χ0n) is 21.2. The van der Waals surface area contributed by atoms with Crippen LogP contribution in [-0.2, 0) is 19.9 Å². The van der Waals surface area contributed by atoms with Gasteiger partial charge in [0.1, 0.15) is 22.9 Å². The Morgan fingerprint density at radius 3 is 2.28 bits per heavy atom. The first-order valence-electron chi connectivity index (χ1n) is 11.3. The van der Waals surface area contributed by atoms with Crippen LogP contribution in [-0.4, -0.2) is 62.9 Å². The van der Waals surface area contributed by atoms with Gasteiger partial charge in [0.15, 0.2) is 15.6 Å². The molecular weight excluding hydrogens is 572 g/mol. The van der Waals surface area contributed by atoms with Gasteiger partial charge in [-0.05, 0) is 43.3 Å². The number of aryl methyl sites for hydroxylation is 1. The molecule has 12 nitrogen and oxygen atoms in total. The first-order chi connectivity index (χ1) is 18.3. The lowest BCUT2D eigenvalue weighted by Gasteiger charge is -2.18. The summed E-state index contributed by atoms with van der Waals surface area (Å²) in [5, 5.41) is 19.0. The van der Waals surface area contributed by atoms with E-state index in [1.807, 2.05) is 0 Å². The molecule has 2 heterocycles. The summed E-state index contributed by atoms with van der Waals surface area (Å²) in [7, 11) is -5.30. The molecule has 0 radical (unpaired) electrons. The van der Waals surface area contributed by atoms with Gasteiger partial charge in [-0.15, -0.1) is 10.2 Å². The normalized spacial score (nSPS) is 12.8. The molecule has 0 spiro atoms. The Labute approximate surface area is 230 Å². The van der Waals surface area contributed by atoms with Crippen LogP contribution < -0.4 is 14.2 Å². The van der Waals surface area contributed by atoms with Crippen LogP contribution in [0.4, 0.5) is 5.95 Å². The number of halogens is 1. The van der Waals surface area contributed by atoms with Gasteiger partial charge in [-0.2, -0.15) is 0 Å². The van der Waals surface area contributed by atoms with E-state index in [1.165, 1.54) is 30.9 Å². The molecule has 2 N–H and O–H groups in total. The number of hydrogen-bond acceptors (Lipinski definition) is 10. The summed E-state index contributed by atoms with van der Waals surface area (Å²) in [5.74, 6) is 0.493. The highest BCUT2D eigenvalue weighted by molar-refractivity contribution is 7.92. The molecule has 4 aromatic rings. The number of sulfonamides is 1. The Morgan fingerprint density at radius 1 is 1.05 bits per heavy atom. The van der Waals surface area contributed by atoms with Crippen LogP contribution in [0.15, 0.2) is 57.8 Å². The Morgan fingerprint density at radius 2 is 1.72 bits per heavy atom. The highest BCUT2D eigenvalue weighted by atomic mass is 35.5. The van der Waals surface area contributed by atoms with Gasteiger partial charge in [-0.1, -0.05) is 23.7 Å². The highest BCUT2D eigenvalue weighted by Gasteiger charge is 2.29. The van der Waals surface area contributed by atoms with Gasteiger partial charge in [-0.3, -0.25) is 9.29 Å². The van der Waals surface area contributed by atoms with E-state index in [9.17, 15) is 21.9 Å². The van der Waals surface area contributed by atoms with Crippen molar-refractivity contribution >= 4 is 37.4 Å². The maximum atomic E-state index is 13.2. The van der Waals surface area contributed by atoms with Gasteiger partial charge in [-0.25, -0.2) is 16.8 Å². The maximum Gasteiger partial charge on any atom is 0.243 e. The standard InChI is InChI=1S/C24H25ClN4O8S2/c1-14-8-11-20(37-14)23-26-27-24(29(23)22-18(35-2)6-5-7-19(22)36-3)28-39(33,34)13-17(30)16-10-9-15(25)12-21(16)38(4,31)32/h5-12,17,30H,13H2,1-4H3,(H,27,28). The summed E-state index contributed by atoms with van der Waals surface area (Å²) < 4.78 is 71.3. The van der Waals surface area contributed by atoms with Crippen LogP contribution in [0, 0.1) is 6.92 Å². The fourth-order valence-electron chi connectivity index (χ4n) is 3.91. The van der Waals surface area contributed by atoms with Crippen molar-refractivity contribution in [3.05, 3.63) is 64.9 Å². The molecule has 0 aliphatic carbocycles. The zero-order chi connectivity index (χ0) is 28.5. The molecule has 2 aromatic carbocycles. The number of aliphatic hydroxyl groups is 1. The van der Waals surface area contributed by atoms with Gasteiger partial charge < -0.3 is 19.0 Å². The van der Waals surface area contributed by atoms with E-state index in [2.05, 4.69) is 14.9 Å². The van der Waals surface area contributed by atoms with E-state index in [0.717, 1.165) is 12.3 Å². The average Bonchev–Trinajstić information content (AvgIpc) is 3.47. The number of para-hydroxylation sites is 1. The summed E-state index contributed by atoms with van der Waals surface area (Å²) in [4.78, 5) is -0.282. The van der Waals surface area contributed by atoms with Crippen molar-refractivity contribution < 1.29 is 35.8 Å². The predicted molar refractivity (Wildman–Crippen MR) is 144 cm³/mol. The number of sulfone groups is 1. The topological polar surface area (TPSA) is 163 Å². The summed E-state index contributed by atoms with van der Waals surface area (Å²) in [6.07, 6.45) is -0.781. The van der Waals surface area contributed by atoms with E-state index >= 15 is 0 Å². The predicted octanol–water partition coefficient (Wildman–Crippen LogP) is 3.39. The van der Waals surface area contributed by atoms with E-state index in [4.69, 9.17) is 25.5 Å². The molecule has 0 aliphatic heterocycles. The largest absolute Gasteiger partial charge is 0.494 e. The van der Waals surface area contributed by atoms with Crippen molar-refractivity contribution in [2.24, 2.45) is 0 Å². The van der Waals surface area contributed by atoms with Crippen molar-refractivity contribution in [2.75, 3.05) is 31.0 Å². The van der Waals surface area contributed by atoms with Gasteiger partial charge in [0.05, 0.1) is 31.0 Å². The fourth-order valence-corrected chi connectivity index (χ4v) is 6.21. The van der Waals surface area contributed by atoms with E-state index in [-0.39, 0.29) is 38.7 Å². The quantitative estimate of drug-likeness (QED) is 0.277. The number of ether oxygens (including phenoxy) is 2. The lowest BCUT2D eigenvalue weighted by Crippen LogP contribution is -2.24. The van der Waals surface area contributed by atoms with Crippen LogP contribution in [0.2, 0.25) is 5.02 Å². The number of aromatic nitrogens is 3. The molecule has 1 atom stereocenters. The second-order valence-electron chi connectivity index (χ2n) is 8.46. The summed E-state index contributed by atoms with van der Waals surface area (Å²) in [5.41, 5.74) is 0.166. The van der Waals surface area contributed by atoms with Crippen molar-refractivity contribution in [1.82, 2.24) is 14.8 Å². The second-order valence-corrected chi connectivity index (χ2v) is 12.6. The fraction of sp³-hybridized carbons (Fsp3) is 0.250. The molecule has 0 bridgehead atoms. The zero-order valence-corrected chi connectivity index (χ0v) is 23.6. The highest BCUT2D eigenvalue weighted by Crippen LogP contribution is 2.38. The molecule has 0 saturated carbocycles. The Kier molecular flexibility index (Phi) is 7.93. The first kappa shape index (κ1) is 28.4. The number of anilines is 1. The Hall–Kier alpha value is -3.59. The van der Waals surface area contributed by atoms with Gasteiger partial charge in [0.2, 0.25) is 21.8 Å². The molecule has 4 rings (SSSR count). The minimum absolute atomic E-state index is 0.118. The number of hydrogen-bond donors (Lipinski definition) is 2. The molecular formula is C24H25ClN4O8S2. The van der Waals surface area contributed by atoms with Crippen LogP contribution in [0.1, 0.15) is 17.4 Å². The van der Waals surface area contributed by atoms with Crippen LogP contribution >= 0.6 is 11.6 Å². The molecule has 1 unspecified atom stereocenters. The molecule has 0 saturated heterocycles. The van der Waals surface area contributed by atoms with E-state index in [1.54, 1.807) is 37.3 Å². The molecule has 0 amide bonds. The van der Waals surface area contributed by atoms with Gasteiger partial charge >= 0.3 is 0 Å². The molecule has 0 fully saturated rings. The van der Waals surface area contributed by atoms with E-state index < -0.39 is 31.7 Å². The number of aliphatic hydroxyl groups excluding tert-OH is 1. The van der Waals surface area contributed by atoms with Crippen molar-refractivity contribution in [3.63, 3.8) is 0 Å².